The highest BCUT2D eigenvalue weighted by Gasteiger charge is 2.35. The van der Waals surface area contributed by atoms with Crippen LogP contribution in [0.3, 0.4) is 0 Å². The molecule has 2 aliphatic rings. The zero-order valence-corrected chi connectivity index (χ0v) is 11.3. The predicted molar refractivity (Wildman–Crippen MR) is 69.2 cm³/mol. The van der Waals surface area contributed by atoms with Crippen molar-refractivity contribution >= 4 is 5.97 Å². The van der Waals surface area contributed by atoms with Gasteiger partial charge in [0.15, 0.2) is 0 Å². The Balaban J connectivity index is 1.74. The van der Waals surface area contributed by atoms with Crippen LogP contribution in [0.4, 0.5) is 0 Å². The second kappa shape index (κ2) is 6.02. The normalized spacial score (nSPS) is 30.6. The van der Waals surface area contributed by atoms with Gasteiger partial charge in [-0.3, -0.25) is 4.79 Å². The summed E-state index contributed by atoms with van der Waals surface area (Å²) in [5.41, 5.74) is -0.475. The van der Waals surface area contributed by atoms with Crippen molar-refractivity contribution in [3.05, 3.63) is 0 Å². The summed E-state index contributed by atoms with van der Waals surface area (Å²) in [6.45, 7) is 2.99. The lowest BCUT2D eigenvalue weighted by Crippen LogP contribution is -2.50. The maximum absolute atomic E-state index is 11.7. The van der Waals surface area contributed by atoms with E-state index in [1.165, 1.54) is 0 Å². The minimum absolute atomic E-state index is 0.0484. The minimum Gasteiger partial charge on any atom is -0.466 e. The molecule has 0 amide bonds. The van der Waals surface area contributed by atoms with Crippen molar-refractivity contribution in [2.24, 2.45) is 5.92 Å². The Morgan fingerprint density at radius 2 is 2.17 bits per heavy atom. The van der Waals surface area contributed by atoms with Crippen molar-refractivity contribution < 1.29 is 14.6 Å². The molecule has 0 aliphatic heterocycles. The van der Waals surface area contributed by atoms with Crippen molar-refractivity contribution in [2.45, 2.75) is 63.5 Å². The maximum Gasteiger partial charge on any atom is 0.308 e. The predicted octanol–water partition coefficient (Wildman–Crippen LogP) is 1.61. The standard InChI is InChI=1S/C14H25NO3/c1-2-18-13(16)11-5-3-6-12(9-11)15-10-14(17)7-4-8-14/h11-12,15,17H,2-10H2,1H3. The number of aliphatic hydroxyl groups is 1. The second-order valence-electron chi connectivity index (χ2n) is 5.77. The summed E-state index contributed by atoms with van der Waals surface area (Å²) in [5, 5.41) is 13.5. The lowest BCUT2D eigenvalue weighted by Gasteiger charge is -2.39. The fourth-order valence-corrected chi connectivity index (χ4v) is 2.95. The first-order chi connectivity index (χ1) is 8.63. The summed E-state index contributed by atoms with van der Waals surface area (Å²) in [6.07, 6.45) is 6.93. The van der Waals surface area contributed by atoms with E-state index >= 15 is 0 Å². The molecule has 0 saturated heterocycles. The van der Waals surface area contributed by atoms with Crippen LogP contribution in [-0.4, -0.2) is 35.9 Å². The highest BCUT2D eigenvalue weighted by atomic mass is 16.5. The van der Waals surface area contributed by atoms with Crippen LogP contribution in [-0.2, 0) is 9.53 Å². The van der Waals surface area contributed by atoms with Gasteiger partial charge in [0, 0.05) is 12.6 Å². The Morgan fingerprint density at radius 3 is 2.78 bits per heavy atom. The molecule has 0 bridgehead atoms. The molecular formula is C14H25NO3. The van der Waals surface area contributed by atoms with E-state index in [0.29, 0.717) is 19.2 Å². The summed E-state index contributed by atoms with van der Waals surface area (Å²) in [4.78, 5) is 11.7. The first-order valence-corrected chi connectivity index (χ1v) is 7.25. The van der Waals surface area contributed by atoms with E-state index in [1.54, 1.807) is 0 Å². The van der Waals surface area contributed by atoms with Crippen LogP contribution < -0.4 is 5.32 Å². The highest BCUT2D eigenvalue weighted by molar-refractivity contribution is 5.72. The van der Waals surface area contributed by atoms with Crippen molar-refractivity contribution in [3.8, 4) is 0 Å². The molecule has 2 rings (SSSR count). The quantitative estimate of drug-likeness (QED) is 0.733. The van der Waals surface area contributed by atoms with Crippen LogP contribution in [0.2, 0.25) is 0 Å². The summed E-state index contributed by atoms with van der Waals surface area (Å²) < 4.78 is 5.09. The van der Waals surface area contributed by atoms with E-state index in [1.807, 2.05) is 6.92 Å². The maximum atomic E-state index is 11.7. The van der Waals surface area contributed by atoms with Gasteiger partial charge in [0.2, 0.25) is 0 Å². The molecule has 0 aromatic rings. The van der Waals surface area contributed by atoms with Crippen LogP contribution in [0.5, 0.6) is 0 Å². The van der Waals surface area contributed by atoms with Crippen LogP contribution in [0.1, 0.15) is 51.9 Å². The zero-order valence-electron chi connectivity index (χ0n) is 11.3. The van der Waals surface area contributed by atoms with Crippen molar-refractivity contribution in [3.63, 3.8) is 0 Å². The highest BCUT2D eigenvalue weighted by Crippen LogP contribution is 2.32. The Kier molecular flexibility index (Phi) is 4.62. The molecule has 2 atom stereocenters. The summed E-state index contributed by atoms with van der Waals surface area (Å²) in [5.74, 6) is -0.00131. The van der Waals surface area contributed by atoms with Gasteiger partial charge in [0.05, 0.1) is 18.1 Å². The van der Waals surface area contributed by atoms with E-state index in [4.69, 9.17) is 4.74 Å². The molecular weight excluding hydrogens is 230 g/mol. The van der Waals surface area contributed by atoms with Crippen LogP contribution in [0.15, 0.2) is 0 Å². The molecule has 0 aromatic carbocycles. The average molecular weight is 255 g/mol. The molecule has 0 spiro atoms. The largest absolute Gasteiger partial charge is 0.466 e. The molecule has 2 aliphatic carbocycles. The second-order valence-corrected chi connectivity index (χ2v) is 5.77. The number of ether oxygens (including phenoxy) is 1. The summed E-state index contributed by atoms with van der Waals surface area (Å²) in [6, 6.07) is 0.359. The molecule has 18 heavy (non-hydrogen) atoms. The van der Waals surface area contributed by atoms with Crippen LogP contribution in [0.25, 0.3) is 0 Å². The van der Waals surface area contributed by atoms with Gasteiger partial charge in [0.1, 0.15) is 0 Å². The fourth-order valence-electron chi connectivity index (χ4n) is 2.95. The molecule has 0 heterocycles. The van der Waals surface area contributed by atoms with Gasteiger partial charge in [-0.15, -0.1) is 0 Å². The van der Waals surface area contributed by atoms with Gasteiger partial charge in [-0.2, -0.15) is 0 Å². The Labute approximate surface area is 109 Å². The lowest BCUT2D eigenvalue weighted by molar-refractivity contribution is -0.149. The third-order valence-corrected chi connectivity index (χ3v) is 4.30. The number of carbonyl (C=O) groups is 1. The van der Waals surface area contributed by atoms with E-state index in [-0.39, 0.29) is 11.9 Å². The van der Waals surface area contributed by atoms with Crippen molar-refractivity contribution in [1.29, 1.82) is 0 Å². The number of nitrogens with one attached hydrogen (secondary N) is 1. The third-order valence-electron chi connectivity index (χ3n) is 4.30. The first kappa shape index (κ1) is 13.8. The fraction of sp³-hybridized carbons (Fsp3) is 0.929. The third kappa shape index (κ3) is 3.45. The molecule has 0 aromatic heterocycles. The smallest absolute Gasteiger partial charge is 0.308 e. The first-order valence-electron chi connectivity index (χ1n) is 7.25. The van der Waals surface area contributed by atoms with Gasteiger partial charge >= 0.3 is 5.97 Å². The SMILES string of the molecule is CCOC(=O)C1CCCC(NCC2(O)CCC2)C1. The molecule has 4 heteroatoms. The Bertz CT molecular complexity index is 289. The van der Waals surface area contributed by atoms with Gasteiger partial charge in [-0.05, 0) is 45.4 Å². The molecule has 2 saturated carbocycles. The molecule has 2 N–H and O–H groups in total. The molecule has 4 nitrogen and oxygen atoms in total. The summed E-state index contributed by atoms with van der Waals surface area (Å²) in [7, 11) is 0. The molecule has 2 fully saturated rings. The van der Waals surface area contributed by atoms with E-state index in [0.717, 1.165) is 44.9 Å². The summed E-state index contributed by atoms with van der Waals surface area (Å²) >= 11 is 0. The molecule has 104 valence electrons. The van der Waals surface area contributed by atoms with Gasteiger partial charge in [0.25, 0.3) is 0 Å². The van der Waals surface area contributed by atoms with E-state index in [2.05, 4.69) is 5.32 Å². The molecule has 2 unspecified atom stereocenters. The van der Waals surface area contributed by atoms with E-state index in [9.17, 15) is 9.90 Å². The number of hydrogen-bond acceptors (Lipinski definition) is 4. The average Bonchev–Trinajstić information content (AvgIpc) is 2.35. The number of rotatable bonds is 5. The Morgan fingerprint density at radius 1 is 1.39 bits per heavy atom. The lowest BCUT2D eigenvalue weighted by atomic mass is 9.79. The minimum atomic E-state index is -0.475. The topological polar surface area (TPSA) is 58.6 Å². The van der Waals surface area contributed by atoms with Gasteiger partial charge in [-0.25, -0.2) is 0 Å². The van der Waals surface area contributed by atoms with Crippen molar-refractivity contribution in [2.75, 3.05) is 13.2 Å². The zero-order chi connectivity index (χ0) is 13.0. The van der Waals surface area contributed by atoms with Gasteiger partial charge < -0.3 is 15.2 Å². The van der Waals surface area contributed by atoms with E-state index < -0.39 is 5.60 Å². The monoisotopic (exact) mass is 255 g/mol. The number of carbonyl (C=O) groups excluding carboxylic acids is 1. The number of esters is 1. The van der Waals surface area contributed by atoms with Crippen LogP contribution >= 0.6 is 0 Å². The Hall–Kier alpha value is -0.610. The van der Waals surface area contributed by atoms with Crippen molar-refractivity contribution in [1.82, 2.24) is 5.32 Å². The number of hydrogen-bond donors (Lipinski definition) is 2. The van der Waals surface area contributed by atoms with Crippen LogP contribution in [0, 0.1) is 5.92 Å². The molecule has 0 radical (unpaired) electrons. The van der Waals surface area contributed by atoms with Gasteiger partial charge in [-0.1, -0.05) is 6.42 Å².